The highest BCUT2D eigenvalue weighted by molar-refractivity contribution is 5.82. The number of aryl methyl sites for hydroxylation is 4. The smallest absolute Gasteiger partial charge is 0.106 e. The Morgan fingerprint density at radius 3 is 0.616 bits per heavy atom. The molecule has 0 saturated carbocycles. The van der Waals surface area contributed by atoms with E-state index in [9.17, 15) is 0 Å². The first-order chi connectivity index (χ1) is 41.1. The molecule has 0 fully saturated rings. The van der Waals surface area contributed by atoms with E-state index in [0.29, 0.717) is 0 Å². The summed E-state index contributed by atoms with van der Waals surface area (Å²) in [4.78, 5) is 0. The molecule has 0 aromatic heterocycles. The maximum absolute atomic E-state index is 2.64. The van der Waals surface area contributed by atoms with Gasteiger partial charge in [-0.25, -0.2) is 0 Å². The molecule has 4 aliphatic rings. The van der Waals surface area contributed by atoms with E-state index in [-0.39, 0.29) is 21.7 Å². The van der Waals surface area contributed by atoms with E-state index in [0.717, 1.165) is 61.3 Å². The van der Waals surface area contributed by atoms with Gasteiger partial charge in [0.25, 0.3) is 0 Å². The van der Waals surface area contributed by atoms with E-state index in [1.54, 1.807) is 0 Å². The molecule has 4 heterocycles. The summed E-state index contributed by atoms with van der Waals surface area (Å²) in [6, 6.07) is 80.4. The lowest BCUT2D eigenvalue weighted by atomic mass is 9.74. The van der Waals surface area contributed by atoms with Crippen LogP contribution in [0.2, 0.25) is 0 Å². The zero-order valence-electron chi connectivity index (χ0n) is 53.2. The van der Waals surface area contributed by atoms with Gasteiger partial charge in [-0.05, 0) is 141 Å². The van der Waals surface area contributed by atoms with Crippen molar-refractivity contribution in [1.82, 2.24) is 0 Å². The molecule has 430 valence electrons. The lowest BCUT2D eigenvalue weighted by Crippen LogP contribution is -2.45. The minimum absolute atomic E-state index is 0.178. The average Bonchev–Trinajstić information content (AvgIpc) is 1.61. The van der Waals surface area contributed by atoms with E-state index >= 15 is 0 Å². The molecule has 0 aliphatic carbocycles. The summed E-state index contributed by atoms with van der Waals surface area (Å²) in [7, 11) is 0. The predicted molar refractivity (Wildman–Crippen MR) is 359 cm³/mol. The molecule has 2 nitrogen and oxygen atoms in total. The highest BCUT2D eigenvalue weighted by Gasteiger charge is 2.46. The molecule has 0 unspecified atom stereocenters. The highest BCUT2D eigenvalue weighted by Crippen LogP contribution is 2.53. The average molecular weight is 1120 g/mol. The minimum Gasteiger partial charge on any atom is -0.309 e. The summed E-state index contributed by atoms with van der Waals surface area (Å²) < 4.78 is 1.85. The van der Waals surface area contributed by atoms with Gasteiger partial charge >= 0.3 is 0 Å². The number of benzene rings is 10. The molecule has 0 saturated heterocycles. The Morgan fingerprint density at radius 1 is 0.209 bits per heavy atom. The van der Waals surface area contributed by atoms with Crippen molar-refractivity contribution in [1.29, 1.82) is 0 Å². The van der Waals surface area contributed by atoms with Gasteiger partial charge < -0.3 is 8.97 Å². The van der Waals surface area contributed by atoms with Crippen LogP contribution in [0.1, 0.15) is 167 Å². The molecule has 0 radical (unpaired) electrons. The van der Waals surface area contributed by atoms with E-state index in [2.05, 4.69) is 289 Å². The van der Waals surface area contributed by atoms with E-state index < -0.39 is 0 Å². The van der Waals surface area contributed by atoms with Crippen molar-refractivity contribution in [2.75, 3.05) is 0 Å². The van der Waals surface area contributed by atoms with Crippen molar-refractivity contribution < 1.29 is 8.97 Å². The second kappa shape index (κ2) is 20.4. The zero-order chi connectivity index (χ0) is 59.7. The zero-order valence-corrected chi connectivity index (χ0v) is 53.2. The van der Waals surface area contributed by atoms with Crippen LogP contribution in [0, 0.1) is 27.7 Å². The van der Waals surface area contributed by atoms with Crippen LogP contribution in [0.3, 0.4) is 0 Å². The molecule has 86 heavy (non-hydrogen) atoms. The standard InChI is InChI=1S/C84H86N2/c1-55-39-71(81(5,6)67-31-17-13-18-32-67)43-63-51-85(52-64-44-72(40-56(2)76(64)75(55)63)82(7,8)68-33-19-14-20-34-68)47-59-27-25-29-61-49-86(50-62-30-26-28-60(48-85)80(62)79(59)61)53-65-45-73(83(9,10)69-35-21-15-22-36-69)41-57(3)77(65)78-58(4)42-74(46-66(78)54-86)84(11,12)70-37-23-16-24-38-70/h13-46H,47-54H2,1-12H3/q+2. The lowest BCUT2D eigenvalue weighted by Gasteiger charge is -2.40. The second-order valence-corrected chi connectivity index (χ2v) is 29.1. The fourth-order valence-electron chi connectivity index (χ4n) is 16.9. The van der Waals surface area contributed by atoms with Crippen LogP contribution in [-0.2, 0) is 74.0 Å². The normalized spacial score (nSPS) is 15.7. The summed E-state index contributed by atoms with van der Waals surface area (Å²) in [5, 5.41) is 0. The van der Waals surface area contributed by atoms with Crippen molar-refractivity contribution in [2.24, 2.45) is 0 Å². The van der Waals surface area contributed by atoms with E-state index in [4.69, 9.17) is 0 Å². The predicted octanol–water partition coefficient (Wildman–Crippen LogP) is 20.3. The number of quaternary nitrogens is 2. The van der Waals surface area contributed by atoms with Gasteiger partial charge in [0.1, 0.15) is 52.4 Å². The van der Waals surface area contributed by atoms with Crippen LogP contribution in [0.25, 0.3) is 33.4 Å². The van der Waals surface area contributed by atoms with Crippen molar-refractivity contribution in [3.8, 4) is 33.4 Å². The summed E-state index contributed by atoms with van der Waals surface area (Å²) in [6.45, 7) is 36.6. The van der Waals surface area contributed by atoms with Gasteiger partial charge in [-0.2, -0.15) is 0 Å². The second-order valence-electron chi connectivity index (χ2n) is 29.1. The molecular weight excluding hydrogens is 1040 g/mol. The SMILES string of the molecule is Cc1cc(C(C)(C)c2ccccc2)cc2c1-c1c(C)cc(C(C)(C)c3ccccc3)cc1C[N+]1(C2)Cc2cccc3c2-c2c(cccc2C[N+]2(Cc4cc(C(C)(C)c5ccccc5)cc(C)c4-c4c(C)cc(C(C)(C)c5ccccc5)cc4C2)C3)C1. The van der Waals surface area contributed by atoms with Gasteiger partial charge in [0.05, 0.1) is 0 Å². The molecular formula is C84H86N2+2. The molecule has 2 heteroatoms. The Hall–Kier alpha value is -7.88. The summed E-state index contributed by atoms with van der Waals surface area (Å²) >= 11 is 0. The van der Waals surface area contributed by atoms with Gasteiger partial charge in [0.2, 0.25) is 0 Å². The molecule has 14 rings (SSSR count). The topological polar surface area (TPSA) is 0 Å². The number of rotatable bonds is 8. The fourth-order valence-corrected chi connectivity index (χ4v) is 16.9. The van der Waals surface area contributed by atoms with Crippen LogP contribution in [0.15, 0.2) is 206 Å². The first-order valence-corrected chi connectivity index (χ1v) is 31.9. The molecule has 0 bridgehead atoms. The largest absolute Gasteiger partial charge is 0.309 e. The first-order valence-electron chi connectivity index (χ1n) is 31.9. The number of fused-ring (bicyclic) bond motifs is 6. The Morgan fingerprint density at radius 2 is 0.407 bits per heavy atom. The van der Waals surface area contributed by atoms with E-state index in [1.165, 1.54) is 145 Å². The fraction of sp³-hybridized carbons (Fsp3) is 0.286. The number of nitrogens with zero attached hydrogens (tertiary/aromatic N) is 2. The Balaban J connectivity index is 0.950. The number of hydrogen-bond donors (Lipinski definition) is 0. The maximum atomic E-state index is 2.64. The molecule has 0 atom stereocenters. The van der Waals surface area contributed by atoms with Crippen molar-refractivity contribution in [3.63, 3.8) is 0 Å². The van der Waals surface area contributed by atoms with Crippen LogP contribution >= 0.6 is 0 Å². The number of hydrogen-bond acceptors (Lipinski definition) is 0. The Kier molecular flexibility index (Phi) is 13.3. The summed E-state index contributed by atoms with van der Waals surface area (Å²) in [6.07, 6.45) is 0. The van der Waals surface area contributed by atoms with Gasteiger partial charge in [-0.1, -0.05) is 237 Å². The molecule has 0 N–H and O–H groups in total. The monoisotopic (exact) mass is 1120 g/mol. The van der Waals surface area contributed by atoms with Crippen molar-refractivity contribution >= 4 is 0 Å². The molecule has 4 aliphatic heterocycles. The van der Waals surface area contributed by atoms with Gasteiger partial charge in [0, 0.05) is 77.3 Å². The summed E-state index contributed by atoms with van der Waals surface area (Å²) in [5.41, 5.74) is 36.5. The first kappa shape index (κ1) is 56.0. The lowest BCUT2D eigenvalue weighted by molar-refractivity contribution is -0.978. The molecule has 10 aromatic rings. The van der Waals surface area contributed by atoms with Gasteiger partial charge in [-0.15, -0.1) is 0 Å². The highest BCUT2D eigenvalue weighted by atomic mass is 15.4. The molecule has 10 aromatic carbocycles. The van der Waals surface area contributed by atoms with Gasteiger partial charge in [0.15, 0.2) is 0 Å². The third kappa shape index (κ3) is 9.20. The third-order valence-corrected chi connectivity index (χ3v) is 21.8. The van der Waals surface area contributed by atoms with E-state index in [1.807, 2.05) is 0 Å². The minimum atomic E-state index is -0.178. The maximum Gasteiger partial charge on any atom is 0.106 e. The quantitative estimate of drug-likeness (QED) is 0.133. The molecule has 2 spiro atoms. The Labute approximate surface area is 514 Å². The third-order valence-electron chi connectivity index (χ3n) is 21.8. The Bertz CT molecular complexity index is 3760. The summed E-state index contributed by atoms with van der Waals surface area (Å²) in [5.74, 6) is 0. The van der Waals surface area contributed by atoms with Crippen LogP contribution in [0.5, 0.6) is 0 Å². The van der Waals surface area contributed by atoms with Crippen LogP contribution in [-0.4, -0.2) is 8.97 Å². The van der Waals surface area contributed by atoms with Crippen molar-refractivity contribution in [2.45, 2.75) is 157 Å². The molecule has 0 amide bonds. The van der Waals surface area contributed by atoms with Gasteiger partial charge in [-0.3, -0.25) is 0 Å². The van der Waals surface area contributed by atoms with Crippen LogP contribution < -0.4 is 0 Å². The van der Waals surface area contributed by atoms with Crippen LogP contribution in [0.4, 0.5) is 0 Å². The van der Waals surface area contributed by atoms with Crippen molar-refractivity contribution in [3.05, 3.63) is 318 Å².